The number of halogens is 1. The molecule has 0 aliphatic heterocycles. The van der Waals surface area contributed by atoms with Gasteiger partial charge in [0.2, 0.25) is 5.91 Å². The smallest absolute Gasteiger partial charge is 0.338 e. The van der Waals surface area contributed by atoms with Crippen LogP contribution >= 0.6 is 0 Å². The van der Waals surface area contributed by atoms with Crippen LogP contribution in [0.5, 0.6) is 0 Å². The SMILES string of the molecule is NC(=O)C1CCC(NCc2ccc(C(=O)O)c(F)c2)CC1. The molecule has 1 aliphatic carbocycles. The maximum atomic E-state index is 13.5. The minimum Gasteiger partial charge on any atom is -0.478 e. The number of nitrogens with one attached hydrogen (secondary N) is 1. The molecule has 114 valence electrons. The lowest BCUT2D eigenvalue weighted by Gasteiger charge is -2.27. The van der Waals surface area contributed by atoms with Gasteiger partial charge in [-0.15, -0.1) is 0 Å². The second-order valence-electron chi connectivity index (χ2n) is 5.45. The van der Waals surface area contributed by atoms with Crippen molar-refractivity contribution < 1.29 is 19.1 Å². The zero-order valence-corrected chi connectivity index (χ0v) is 11.6. The van der Waals surface area contributed by atoms with Crippen molar-refractivity contribution in [1.82, 2.24) is 5.32 Å². The molecule has 1 aromatic carbocycles. The minimum atomic E-state index is -1.27. The normalized spacial score (nSPS) is 22.0. The van der Waals surface area contributed by atoms with Crippen LogP contribution in [-0.2, 0) is 11.3 Å². The van der Waals surface area contributed by atoms with Crippen molar-refractivity contribution in [2.75, 3.05) is 0 Å². The fraction of sp³-hybridized carbons (Fsp3) is 0.467. The molecule has 1 aliphatic rings. The Morgan fingerprint density at radius 1 is 1.29 bits per heavy atom. The third-order valence-corrected chi connectivity index (χ3v) is 3.99. The van der Waals surface area contributed by atoms with Gasteiger partial charge in [-0.1, -0.05) is 6.07 Å². The molecule has 21 heavy (non-hydrogen) atoms. The molecule has 0 atom stereocenters. The van der Waals surface area contributed by atoms with E-state index in [4.69, 9.17) is 10.8 Å². The van der Waals surface area contributed by atoms with Crippen molar-refractivity contribution in [3.05, 3.63) is 35.1 Å². The van der Waals surface area contributed by atoms with E-state index in [1.807, 2.05) is 0 Å². The van der Waals surface area contributed by atoms with Crippen molar-refractivity contribution >= 4 is 11.9 Å². The molecule has 1 saturated carbocycles. The van der Waals surface area contributed by atoms with E-state index in [0.29, 0.717) is 12.1 Å². The number of carbonyl (C=O) groups is 2. The van der Waals surface area contributed by atoms with Crippen LogP contribution in [0.15, 0.2) is 18.2 Å². The molecule has 1 fully saturated rings. The van der Waals surface area contributed by atoms with Crippen molar-refractivity contribution in [1.29, 1.82) is 0 Å². The van der Waals surface area contributed by atoms with Crippen LogP contribution in [0.1, 0.15) is 41.6 Å². The van der Waals surface area contributed by atoms with Crippen LogP contribution in [0.25, 0.3) is 0 Å². The van der Waals surface area contributed by atoms with E-state index in [2.05, 4.69) is 5.32 Å². The van der Waals surface area contributed by atoms with Gasteiger partial charge in [0, 0.05) is 18.5 Å². The van der Waals surface area contributed by atoms with E-state index in [0.717, 1.165) is 25.7 Å². The van der Waals surface area contributed by atoms with Crippen LogP contribution in [0.4, 0.5) is 4.39 Å². The van der Waals surface area contributed by atoms with Crippen LogP contribution in [0.2, 0.25) is 0 Å². The molecule has 0 unspecified atom stereocenters. The maximum Gasteiger partial charge on any atom is 0.338 e. The summed E-state index contributed by atoms with van der Waals surface area (Å²) >= 11 is 0. The number of aromatic carboxylic acids is 1. The fourth-order valence-corrected chi connectivity index (χ4v) is 2.69. The molecule has 0 bridgehead atoms. The number of hydrogen-bond donors (Lipinski definition) is 3. The number of carbonyl (C=O) groups excluding carboxylic acids is 1. The van der Waals surface area contributed by atoms with E-state index in [1.165, 1.54) is 12.1 Å². The summed E-state index contributed by atoms with van der Waals surface area (Å²) in [5.74, 6) is -2.26. The lowest BCUT2D eigenvalue weighted by Crippen LogP contribution is -2.36. The zero-order valence-electron chi connectivity index (χ0n) is 11.6. The number of carboxylic acids is 1. The highest BCUT2D eigenvalue weighted by atomic mass is 19.1. The van der Waals surface area contributed by atoms with Crippen LogP contribution < -0.4 is 11.1 Å². The Bertz CT molecular complexity index is 540. The number of benzene rings is 1. The highest BCUT2D eigenvalue weighted by molar-refractivity contribution is 5.87. The Labute approximate surface area is 122 Å². The van der Waals surface area contributed by atoms with Gasteiger partial charge >= 0.3 is 5.97 Å². The van der Waals surface area contributed by atoms with Crippen LogP contribution in [0.3, 0.4) is 0 Å². The fourth-order valence-electron chi connectivity index (χ4n) is 2.69. The molecule has 1 aromatic rings. The van der Waals surface area contributed by atoms with Gasteiger partial charge in [0.05, 0.1) is 5.56 Å². The average molecular weight is 294 g/mol. The molecule has 0 heterocycles. The first-order chi connectivity index (χ1) is 9.97. The lowest BCUT2D eigenvalue weighted by molar-refractivity contribution is -0.122. The summed E-state index contributed by atoms with van der Waals surface area (Å²) in [5.41, 5.74) is 5.67. The second kappa shape index (κ2) is 6.67. The molecule has 1 amide bonds. The molecule has 0 aromatic heterocycles. The number of amides is 1. The third kappa shape index (κ3) is 4.01. The second-order valence-corrected chi connectivity index (χ2v) is 5.45. The summed E-state index contributed by atoms with van der Waals surface area (Å²) in [7, 11) is 0. The number of primary amides is 1. The van der Waals surface area contributed by atoms with Gasteiger partial charge in [-0.2, -0.15) is 0 Å². The van der Waals surface area contributed by atoms with Crippen molar-refractivity contribution in [3.8, 4) is 0 Å². The number of nitrogens with two attached hydrogens (primary N) is 1. The topological polar surface area (TPSA) is 92.4 Å². The maximum absolute atomic E-state index is 13.5. The van der Waals surface area contributed by atoms with Gasteiger partial charge < -0.3 is 16.2 Å². The largest absolute Gasteiger partial charge is 0.478 e. The van der Waals surface area contributed by atoms with Crippen molar-refractivity contribution in [2.45, 2.75) is 38.3 Å². The summed E-state index contributed by atoms with van der Waals surface area (Å²) < 4.78 is 13.5. The van der Waals surface area contributed by atoms with Crippen molar-refractivity contribution in [3.63, 3.8) is 0 Å². The Hall–Kier alpha value is -1.95. The van der Waals surface area contributed by atoms with Crippen molar-refractivity contribution in [2.24, 2.45) is 11.7 Å². The van der Waals surface area contributed by atoms with Gasteiger partial charge in [0.15, 0.2) is 0 Å². The number of rotatable bonds is 5. The van der Waals surface area contributed by atoms with Gasteiger partial charge in [0.1, 0.15) is 5.82 Å². The summed E-state index contributed by atoms with van der Waals surface area (Å²) in [4.78, 5) is 21.8. The van der Waals surface area contributed by atoms with Gasteiger partial charge in [-0.3, -0.25) is 4.79 Å². The summed E-state index contributed by atoms with van der Waals surface area (Å²) in [6.07, 6.45) is 3.28. The Morgan fingerprint density at radius 3 is 2.48 bits per heavy atom. The molecular weight excluding hydrogens is 275 g/mol. The average Bonchev–Trinajstić information content (AvgIpc) is 2.45. The van der Waals surface area contributed by atoms with E-state index in [1.54, 1.807) is 6.07 Å². The molecule has 5 nitrogen and oxygen atoms in total. The Morgan fingerprint density at radius 2 is 1.95 bits per heavy atom. The van der Waals surface area contributed by atoms with Crippen LogP contribution in [0, 0.1) is 11.7 Å². The first-order valence-electron chi connectivity index (χ1n) is 7.01. The standard InChI is InChI=1S/C15H19FN2O3/c16-13-7-9(1-6-12(13)15(20)21)8-18-11-4-2-10(3-5-11)14(17)19/h1,6-7,10-11,18H,2-5,8H2,(H2,17,19)(H,20,21). The summed E-state index contributed by atoms with van der Waals surface area (Å²) in [6, 6.07) is 4.40. The predicted molar refractivity (Wildman–Crippen MR) is 75.1 cm³/mol. The molecular formula is C15H19FN2O3. The van der Waals surface area contributed by atoms with Gasteiger partial charge in [0.25, 0.3) is 0 Å². The predicted octanol–water partition coefficient (Wildman–Crippen LogP) is 1.66. The number of hydrogen-bond acceptors (Lipinski definition) is 3. The van der Waals surface area contributed by atoms with Gasteiger partial charge in [-0.05, 0) is 43.4 Å². The Balaban J connectivity index is 1.85. The van der Waals surface area contributed by atoms with Gasteiger partial charge in [-0.25, -0.2) is 9.18 Å². The summed E-state index contributed by atoms with van der Waals surface area (Å²) in [6.45, 7) is 0.475. The highest BCUT2D eigenvalue weighted by Crippen LogP contribution is 2.24. The minimum absolute atomic E-state index is 0.0321. The molecule has 0 saturated heterocycles. The third-order valence-electron chi connectivity index (χ3n) is 3.99. The highest BCUT2D eigenvalue weighted by Gasteiger charge is 2.24. The molecule has 0 radical (unpaired) electrons. The number of carboxylic acid groups (broad SMARTS) is 1. The van der Waals surface area contributed by atoms with E-state index in [-0.39, 0.29) is 23.4 Å². The van der Waals surface area contributed by atoms with E-state index in [9.17, 15) is 14.0 Å². The monoisotopic (exact) mass is 294 g/mol. The molecule has 6 heteroatoms. The quantitative estimate of drug-likeness (QED) is 0.770. The first-order valence-corrected chi connectivity index (χ1v) is 7.01. The summed E-state index contributed by atoms with van der Waals surface area (Å²) in [5, 5.41) is 12.1. The van der Waals surface area contributed by atoms with Crippen LogP contribution in [-0.4, -0.2) is 23.0 Å². The molecule has 0 spiro atoms. The van der Waals surface area contributed by atoms with E-state index >= 15 is 0 Å². The molecule has 2 rings (SSSR count). The lowest BCUT2D eigenvalue weighted by atomic mass is 9.85. The van der Waals surface area contributed by atoms with E-state index < -0.39 is 11.8 Å². The molecule has 4 N–H and O–H groups in total. The Kier molecular flexibility index (Phi) is 4.90. The zero-order chi connectivity index (χ0) is 15.4. The first kappa shape index (κ1) is 15.4.